The summed E-state index contributed by atoms with van der Waals surface area (Å²) >= 11 is 1.61. The fourth-order valence-electron chi connectivity index (χ4n) is 1.52. The van der Waals surface area contributed by atoms with E-state index in [1.54, 1.807) is 16.0 Å². The van der Waals surface area contributed by atoms with Gasteiger partial charge in [0.2, 0.25) is 0 Å². The molecule has 0 spiro atoms. The zero-order valence-electron chi connectivity index (χ0n) is 8.59. The topological polar surface area (TPSA) is 34.9 Å². The van der Waals surface area contributed by atoms with E-state index >= 15 is 0 Å². The average molecular weight is 230 g/mol. The Bertz CT molecular complexity index is 520. The molecule has 0 aromatic carbocycles. The number of terminal acetylenes is 1. The predicted molar refractivity (Wildman–Crippen MR) is 64.1 cm³/mol. The predicted octanol–water partition coefficient (Wildman–Crippen LogP) is 1.99. The highest BCUT2D eigenvalue weighted by atomic mass is 32.1. The van der Waals surface area contributed by atoms with Crippen LogP contribution in [0.4, 0.5) is 0 Å². The molecule has 16 heavy (non-hydrogen) atoms. The van der Waals surface area contributed by atoms with E-state index in [0.29, 0.717) is 13.0 Å². The molecule has 0 amide bonds. The maximum absolute atomic E-state index is 10.6. The Labute approximate surface area is 97.7 Å². The zero-order chi connectivity index (χ0) is 11.4. The molecule has 0 aliphatic carbocycles. The van der Waals surface area contributed by atoms with Crippen molar-refractivity contribution < 1.29 is 4.79 Å². The minimum atomic E-state index is 0.371. The van der Waals surface area contributed by atoms with Crippen molar-refractivity contribution >= 4 is 17.6 Å². The standard InChI is InChI=1S/C12H10N2OS/c1-2-5-14-8-10(3-6-15)12(13-14)11-4-7-16-9-11/h1,4,6-9H,3,5H2. The van der Waals surface area contributed by atoms with Gasteiger partial charge in [-0.1, -0.05) is 5.92 Å². The molecule has 2 rings (SSSR count). The van der Waals surface area contributed by atoms with Gasteiger partial charge in [-0.2, -0.15) is 16.4 Å². The van der Waals surface area contributed by atoms with E-state index in [2.05, 4.69) is 11.0 Å². The molecule has 0 fully saturated rings. The number of thiophene rings is 1. The minimum absolute atomic E-state index is 0.371. The lowest BCUT2D eigenvalue weighted by Gasteiger charge is -1.93. The molecular weight excluding hydrogens is 220 g/mol. The van der Waals surface area contributed by atoms with E-state index in [1.807, 2.05) is 23.0 Å². The second-order valence-corrected chi connectivity index (χ2v) is 4.07. The molecule has 4 heteroatoms. The van der Waals surface area contributed by atoms with Crippen LogP contribution >= 0.6 is 11.3 Å². The van der Waals surface area contributed by atoms with Crippen molar-refractivity contribution in [1.82, 2.24) is 9.78 Å². The van der Waals surface area contributed by atoms with Crippen LogP contribution in [0.5, 0.6) is 0 Å². The van der Waals surface area contributed by atoms with Crippen LogP contribution in [0.15, 0.2) is 23.0 Å². The molecule has 0 N–H and O–H groups in total. The number of aromatic nitrogens is 2. The molecule has 3 nitrogen and oxygen atoms in total. The fourth-order valence-corrected chi connectivity index (χ4v) is 2.16. The highest BCUT2D eigenvalue weighted by Gasteiger charge is 2.10. The fraction of sp³-hybridized carbons (Fsp3) is 0.167. The lowest BCUT2D eigenvalue weighted by molar-refractivity contribution is -0.107. The van der Waals surface area contributed by atoms with E-state index in [1.165, 1.54) is 0 Å². The van der Waals surface area contributed by atoms with Gasteiger partial charge in [-0.25, -0.2) is 0 Å². The molecule has 0 aliphatic rings. The third kappa shape index (κ3) is 2.05. The van der Waals surface area contributed by atoms with E-state index in [-0.39, 0.29) is 0 Å². The van der Waals surface area contributed by atoms with Crippen molar-refractivity contribution in [1.29, 1.82) is 0 Å². The van der Waals surface area contributed by atoms with Gasteiger partial charge < -0.3 is 4.79 Å². The van der Waals surface area contributed by atoms with Gasteiger partial charge in [0.1, 0.15) is 12.8 Å². The van der Waals surface area contributed by atoms with Crippen LogP contribution in [-0.2, 0) is 17.8 Å². The van der Waals surface area contributed by atoms with Gasteiger partial charge >= 0.3 is 0 Å². The molecule has 0 bridgehead atoms. The Hall–Kier alpha value is -1.86. The molecule has 0 unspecified atom stereocenters. The first-order chi connectivity index (χ1) is 7.85. The van der Waals surface area contributed by atoms with Gasteiger partial charge in [-0.15, -0.1) is 6.42 Å². The quantitative estimate of drug-likeness (QED) is 0.594. The maximum atomic E-state index is 10.6. The van der Waals surface area contributed by atoms with Gasteiger partial charge in [0.25, 0.3) is 0 Å². The van der Waals surface area contributed by atoms with Gasteiger partial charge in [-0.3, -0.25) is 4.68 Å². The van der Waals surface area contributed by atoms with Crippen LogP contribution in [0.3, 0.4) is 0 Å². The van der Waals surface area contributed by atoms with Crippen LogP contribution < -0.4 is 0 Å². The Morgan fingerprint density at radius 3 is 3.12 bits per heavy atom. The first-order valence-electron chi connectivity index (χ1n) is 4.81. The average Bonchev–Trinajstić information content (AvgIpc) is 2.87. The van der Waals surface area contributed by atoms with Crippen LogP contribution in [0.1, 0.15) is 5.56 Å². The minimum Gasteiger partial charge on any atom is -0.303 e. The third-order valence-electron chi connectivity index (χ3n) is 2.19. The van der Waals surface area contributed by atoms with Crippen molar-refractivity contribution in [3.05, 3.63) is 28.6 Å². The summed E-state index contributed by atoms with van der Waals surface area (Å²) in [5, 5.41) is 8.38. The Morgan fingerprint density at radius 2 is 2.50 bits per heavy atom. The largest absolute Gasteiger partial charge is 0.303 e. The van der Waals surface area contributed by atoms with E-state index in [9.17, 15) is 4.79 Å². The number of carbonyl (C=O) groups is 1. The van der Waals surface area contributed by atoms with Gasteiger partial charge in [0.15, 0.2) is 0 Å². The van der Waals surface area contributed by atoms with Crippen molar-refractivity contribution in [2.24, 2.45) is 0 Å². The first kappa shape index (κ1) is 10.7. The van der Waals surface area contributed by atoms with Crippen LogP contribution in [0, 0.1) is 12.3 Å². The smallest absolute Gasteiger partial charge is 0.124 e. The summed E-state index contributed by atoms with van der Waals surface area (Å²) < 4.78 is 1.69. The molecule has 2 heterocycles. The Morgan fingerprint density at radius 1 is 1.62 bits per heavy atom. The Balaban J connectivity index is 2.42. The highest BCUT2D eigenvalue weighted by Crippen LogP contribution is 2.24. The van der Waals surface area contributed by atoms with Gasteiger partial charge in [0.05, 0.1) is 5.69 Å². The van der Waals surface area contributed by atoms with Crippen molar-refractivity contribution in [3.8, 4) is 23.6 Å². The maximum Gasteiger partial charge on any atom is 0.124 e. The van der Waals surface area contributed by atoms with E-state index in [0.717, 1.165) is 23.1 Å². The normalized spacial score (nSPS) is 9.94. The van der Waals surface area contributed by atoms with Gasteiger partial charge in [-0.05, 0) is 11.4 Å². The number of carbonyl (C=O) groups excluding carboxylic acids is 1. The number of nitrogens with zero attached hydrogens (tertiary/aromatic N) is 2. The number of rotatable bonds is 4. The summed E-state index contributed by atoms with van der Waals surface area (Å²) in [6.07, 6.45) is 8.32. The SMILES string of the molecule is C#CCn1cc(CC=O)c(-c2ccsc2)n1. The molecular formula is C12H10N2OS. The molecule has 2 aromatic rings. The Kier molecular flexibility index (Phi) is 3.18. The number of hydrogen-bond donors (Lipinski definition) is 0. The summed E-state index contributed by atoms with van der Waals surface area (Å²) in [6.45, 7) is 0.427. The zero-order valence-corrected chi connectivity index (χ0v) is 9.41. The lowest BCUT2D eigenvalue weighted by atomic mass is 10.1. The summed E-state index contributed by atoms with van der Waals surface area (Å²) in [5.41, 5.74) is 2.81. The molecule has 80 valence electrons. The van der Waals surface area contributed by atoms with Gasteiger partial charge in [0, 0.05) is 29.1 Å². The molecule has 0 radical (unpaired) electrons. The summed E-state index contributed by atoms with van der Waals surface area (Å²) in [7, 11) is 0. The second kappa shape index (κ2) is 4.77. The third-order valence-corrected chi connectivity index (χ3v) is 2.87. The molecule has 0 atom stereocenters. The van der Waals surface area contributed by atoms with Crippen LogP contribution in [-0.4, -0.2) is 16.1 Å². The second-order valence-electron chi connectivity index (χ2n) is 3.29. The lowest BCUT2D eigenvalue weighted by Crippen LogP contribution is -1.95. The monoisotopic (exact) mass is 230 g/mol. The molecule has 0 saturated heterocycles. The first-order valence-corrected chi connectivity index (χ1v) is 5.75. The van der Waals surface area contributed by atoms with Crippen molar-refractivity contribution in [3.63, 3.8) is 0 Å². The van der Waals surface area contributed by atoms with E-state index in [4.69, 9.17) is 6.42 Å². The highest BCUT2D eigenvalue weighted by molar-refractivity contribution is 7.08. The van der Waals surface area contributed by atoms with E-state index < -0.39 is 0 Å². The van der Waals surface area contributed by atoms with Crippen LogP contribution in [0.2, 0.25) is 0 Å². The molecule has 0 saturated carbocycles. The number of aldehydes is 1. The summed E-state index contributed by atoms with van der Waals surface area (Å²) in [6, 6.07) is 1.99. The van der Waals surface area contributed by atoms with Crippen LogP contribution in [0.25, 0.3) is 11.3 Å². The summed E-state index contributed by atoms with van der Waals surface area (Å²) in [5.74, 6) is 2.53. The summed E-state index contributed by atoms with van der Waals surface area (Å²) in [4.78, 5) is 10.6. The molecule has 0 aliphatic heterocycles. The van der Waals surface area contributed by atoms with Crippen molar-refractivity contribution in [2.75, 3.05) is 0 Å². The van der Waals surface area contributed by atoms with Crippen molar-refractivity contribution in [2.45, 2.75) is 13.0 Å². The molecule has 2 aromatic heterocycles. The number of hydrogen-bond acceptors (Lipinski definition) is 3.